The molecule has 1 atom stereocenters. The van der Waals surface area contributed by atoms with E-state index in [-0.39, 0.29) is 30.0 Å². The molecule has 14 heavy (non-hydrogen) atoms. The van der Waals surface area contributed by atoms with E-state index >= 15 is 0 Å². The Balaban J connectivity index is 0.00000169. The minimum absolute atomic E-state index is 0. The highest BCUT2D eigenvalue weighted by molar-refractivity contribution is 7.10. The zero-order valence-corrected chi connectivity index (χ0v) is 9.19. The molecule has 1 amide bonds. The molecule has 5 nitrogen and oxygen atoms in total. The van der Waals surface area contributed by atoms with E-state index in [4.69, 9.17) is 5.73 Å². The molecule has 1 aromatic heterocycles. The van der Waals surface area contributed by atoms with E-state index in [0.717, 1.165) is 11.5 Å². The van der Waals surface area contributed by atoms with Crippen molar-refractivity contribution in [1.82, 2.24) is 14.9 Å². The molecule has 0 aromatic carbocycles. The predicted octanol–water partition coefficient (Wildman–Crippen LogP) is 0.846. The van der Waals surface area contributed by atoms with Gasteiger partial charge in [-0.15, -0.1) is 24.1 Å². The van der Waals surface area contributed by atoms with Gasteiger partial charge in [-0.3, -0.25) is 4.79 Å². The van der Waals surface area contributed by atoms with Crippen molar-refractivity contribution >= 4 is 34.8 Å². The van der Waals surface area contributed by atoms with Crippen LogP contribution in [0.4, 0.5) is 5.00 Å². The van der Waals surface area contributed by atoms with E-state index in [1.165, 1.54) is 0 Å². The van der Waals surface area contributed by atoms with Crippen LogP contribution in [0.2, 0.25) is 0 Å². The first kappa shape index (κ1) is 12.9. The van der Waals surface area contributed by atoms with Gasteiger partial charge in [0.15, 0.2) is 5.69 Å². The maximum absolute atomic E-state index is 11.4. The molecule has 0 saturated heterocycles. The van der Waals surface area contributed by atoms with Crippen LogP contribution in [0.1, 0.15) is 17.4 Å². The lowest BCUT2D eigenvalue weighted by Gasteiger charge is -2.06. The van der Waals surface area contributed by atoms with E-state index in [1.807, 2.05) is 0 Å². The summed E-state index contributed by atoms with van der Waals surface area (Å²) in [4.78, 5) is 11.4. The van der Waals surface area contributed by atoms with Crippen molar-refractivity contribution in [1.29, 1.82) is 0 Å². The molecule has 78 valence electrons. The summed E-state index contributed by atoms with van der Waals surface area (Å²) in [6.07, 6.45) is 1.62. The summed E-state index contributed by atoms with van der Waals surface area (Å²) in [6.45, 7) is 5.34. The average Bonchev–Trinajstić information content (AvgIpc) is 2.51. The zero-order chi connectivity index (χ0) is 9.84. The molecule has 0 aliphatic rings. The minimum atomic E-state index is -0.321. The number of anilines is 1. The SMILES string of the molecule is C=CC(C)NC(=O)c1nnsc1N.Cl. The molecule has 0 radical (unpaired) electrons. The molecule has 0 aliphatic heterocycles. The quantitative estimate of drug-likeness (QED) is 0.760. The second-order valence-corrected chi connectivity index (χ2v) is 3.27. The summed E-state index contributed by atoms with van der Waals surface area (Å²) in [6, 6.07) is -0.103. The minimum Gasteiger partial charge on any atom is -0.387 e. The average molecular weight is 235 g/mol. The molecule has 7 heteroatoms. The van der Waals surface area contributed by atoms with Gasteiger partial charge >= 0.3 is 0 Å². The second kappa shape index (κ2) is 5.56. The number of nitrogen functional groups attached to an aromatic ring is 1. The molecule has 1 rings (SSSR count). The number of nitrogens with one attached hydrogen (secondary N) is 1. The molecule has 0 bridgehead atoms. The first-order valence-electron chi connectivity index (χ1n) is 3.66. The first-order valence-corrected chi connectivity index (χ1v) is 4.43. The number of rotatable bonds is 3. The molecule has 1 unspecified atom stereocenters. The Bertz CT molecular complexity index is 327. The van der Waals surface area contributed by atoms with Crippen molar-refractivity contribution < 1.29 is 4.79 Å². The van der Waals surface area contributed by atoms with Crippen LogP contribution < -0.4 is 11.1 Å². The van der Waals surface area contributed by atoms with Crippen molar-refractivity contribution in [2.45, 2.75) is 13.0 Å². The fourth-order valence-electron chi connectivity index (χ4n) is 0.689. The number of nitrogens with zero attached hydrogens (tertiary/aromatic N) is 2. The van der Waals surface area contributed by atoms with Crippen LogP contribution in [0.15, 0.2) is 12.7 Å². The van der Waals surface area contributed by atoms with Crippen molar-refractivity contribution in [3.05, 3.63) is 18.3 Å². The van der Waals surface area contributed by atoms with Crippen molar-refractivity contribution in [3.8, 4) is 0 Å². The Morgan fingerprint density at radius 3 is 2.86 bits per heavy atom. The number of nitrogens with two attached hydrogens (primary N) is 1. The van der Waals surface area contributed by atoms with E-state index in [1.54, 1.807) is 13.0 Å². The van der Waals surface area contributed by atoms with Gasteiger partial charge in [0.2, 0.25) is 0 Å². The smallest absolute Gasteiger partial charge is 0.275 e. The van der Waals surface area contributed by atoms with Crippen LogP contribution in [-0.4, -0.2) is 21.5 Å². The highest BCUT2D eigenvalue weighted by atomic mass is 35.5. The second-order valence-electron chi connectivity index (χ2n) is 2.48. The van der Waals surface area contributed by atoms with Gasteiger partial charge in [0.05, 0.1) is 0 Å². The molecule has 3 N–H and O–H groups in total. The number of hydrogen-bond acceptors (Lipinski definition) is 5. The number of carbonyl (C=O) groups is 1. The molecule has 0 fully saturated rings. The summed E-state index contributed by atoms with van der Waals surface area (Å²) < 4.78 is 3.56. The number of carbonyl (C=O) groups excluding carboxylic acids is 1. The van der Waals surface area contributed by atoms with Crippen molar-refractivity contribution in [3.63, 3.8) is 0 Å². The van der Waals surface area contributed by atoms with Gasteiger partial charge in [-0.2, -0.15) is 0 Å². The fraction of sp³-hybridized carbons (Fsp3) is 0.286. The summed E-state index contributed by atoms with van der Waals surface area (Å²) in [5, 5.41) is 6.57. The number of hydrogen-bond donors (Lipinski definition) is 2. The molecule has 0 spiro atoms. The number of halogens is 1. The number of amides is 1. The standard InChI is InChI=1S/C7H10N4OS.ClH/c1-3-4(2)9-7(12)5-6(8)13-11-10-5;/h3-4H,1,8H2,2H3,(H,9,12);1H. The third-order valence-corrected chi connectivity index (χ3v) is 1.99. The lowest BCUT2D eigenvalue weighted by molar-refractivity contribution is 0.0943. The topological polar surface area (TPSA) is 80.9 Å². The summed E-state index contributed by atoms with van der Waals surface area (Å²) >= 11 is 0.997. The van der Waals surface area contributed by atoms with Gasteiger partial charge in [0, 0.05) is 17.6 Å². The molecule has 1 heterocycles. The molecule has 1 aromatic rings. The number of aromatic nitrogens is 2. The van der Waals surface area contributed by atoms with Gasteiger partial charge < -0.3 is 11.1 Å². The Morgan fingerprint density at radius 2 is 2.43 bits per heavy atom. The monoisotopic (exact) mass is 234 g/mol. The van der Waals surface area contributed by atoms with E-state index in [0.29, 0.717) is 5.00 Å². The lowest BCUT2D eigenvalue weighted by Crippen LogP contribution is -2.31. The van der Waals surface area contributed by atoms with Gasteiger partial charge in [0.1, 0.15) is 5.00 Å². The van der Waals surface area contributed by atoms with Gasteiger partial charge in [0.25, 0.3) is 5.91 Å². The van der Waals surface area contributed by atoms with Crippen LogP contribution in [0.5, 0.6) is 0 Å². The van der Waals surface area contributed by atoms with Crippen LogP contribution in [-0.2, 0) is 0 Å². The maximum atomic E-state index is 11.4. The lowest BCUT2D eigenvalue weighted by atomic mass is 10.3. The van der Waals surface area contributed by atoms with Crippen LogP contribution in [0.3, 0.4) is 0 Å². The highest BCUT2D eigenvalue weighted by Gasteiger charge is 2.14. The summed E-state index contributed by atoms with van der Waals surface area (Å²) in [7, 11) is 0. The normalized spacial score (nSPS) is 11.2. The van der Waals surface area contributed by atoms with Crippen LogP contribution in [0.25, 0.3) is 0 Å². The van der Waals surface area contributed by atoms with E-state index in [2.05, 4.69) is 21.5 Å². The predicted molar refractivity (Wildman–Crippen MR) is 58.7 cm³/mol. The third-order valence-electron chi connectivity index (χ3n) is 1.44. The third kappa shape index (κ3) is 2.97. The van der Waals surface area contributed by atoms with E-state index in [9.17, 15) is 4.79 Å². The Morgan fingerprint density at radius 1 is 1.79 bits per heavy atom. The molecular weight excluding hydrogens is 224 g/mol. The fourth-order valence-corrected chi connectivity index (χ4v) is 1.12. The summed E-state index contributed by atoms with van der Waals surface area (Å²) in [5.41, 5.74) is 5.64. The zero-order valence-electron chi connectivity index (χ0n) is 7.56. The van der Waals surface area contributed by atoms with Crippen molar-refractivity contribution in [2.24, 2.45) is 0 Å². The largest absolute Gasteiger partial charge is 0.387 e. The summed E-state index contributed by atoms with van der Waals surface area (Å²) in [5.74, 6) is -0.321. The van der Waals surface area contributed by atoms with E-state index < -0.39 is 0 Å². The maximum Gasteiger partial charge on any atom is 0.275 e. The molecular formula is C7H11ClN4OS. The van der Waals surface area contributed by atoms with Gasteiger partial charge in [-0.05, 0) is 6.92 Å². The van der Waals surface area contributed by atoms with Gasteiger partial charge in [-0.25, -0.2) is 0 Å². The Labute approximate surface area is 92.0 Å². The van der Waals surface area contributed by atoms with Crippen LogP contribution in [0, 0.1) is 0 Å². The Hall–Kier alpha value is -1.14. The first-order chi connectivity index (χ1) is 6.15. The molecule has 0 aliphatic carbocycles. The molecule has 0 saturated carbocycles. The highest BCUT2D eigenvalue weighted by Crippen LogP contribution is 2.11. The van der Waals surface area contributed by atoms with Crippen LogP contribution >= 0.6 is 23.9 Å². The van der Waals surface area contributed by atoms with Crippen molar-refractivity contribution in [2.75, 3.05) is 5.73 Å². The Kier molecular flexibility index (Phi) is 5.11. The van der Waals surface area contributed by atoms with Gasteiger partial charge in [-0.1, -0.05) is 10.6 Å².